The van der Waals surface area contributed by atoms with E-state index in [4.69, 9.17) is 11.6 Å². The number of amides is 1. The quantitative estimate of drug-likeness (QED) is 0.885. The van der Waals surface area contributed by atoms with E-state index in [0.717, 1.165) is 12.1 Å². The summed E-state index contributed by atoms with van der Waals surface area (Å²) in [4.78, 5) is 11.0. The Bertz CT molecular complexity index is 932. The highest BCUT2D eigenvalue weighted by molar-refractivity contribution is 7.92. The van der Waals surface area contributed by atoms with Crippen molar-refractivity contribution in [2.45, 2.75) is 11.3 Å². The van der Waals surface area contributed by atoms with E-state index >= 15 is 0 Å². The summed E-state index contributed by atoms with van der Waals surface area (Å²) in [6, 6.07) is 5.66. The van der Waals surface area contributed by atoms with Gasteiger partial charge in [-0.1, -0.05) is 17.7 Å². The van der Waals surface area contributed by atoms with Crippen molar-refractivity contribution in [3.63, 3.8) is 0 Å². The van der Waals surface area contributed by atoms with Gasteiger partial charge in [0.15, 0.2) is 11.6 Å². The minimum absolute atomic E-state index is 0.0172. The predicted octanol–water partition coefficient (Wildman–Crippen LogP) is 2.91. The minimum Gasteiger partial charge on any atom is -0.325 e. The van der Waals surface area contributed by atoms with E-state index in [-0.39, 0.29) is 22.2 Å². The highest BCUT2D eigenvalue weighted by atomic mass is 35.5. The summed E-state index contributed by atoms with van der Waals surface area (Å²) in [6.45, 7) is 0. The van der Waals surface area contributed by atoms with Crippen LogP contribution in [-0.4, -0.2) is 14.3 Å². The Kier molecular flexibility index (Phi) is 3.73. The van der Waals surface area contributed by atoms with Gasteiger partial charge in [-0.2, -0.15) is 0 Å². The van der Waals surface area contributed by atoms with Crippen LogP contribution in [0.2, 0.25) is 5.02 Å². The van der Waals surface area contributed by atoms with Crippen molar-refractivity contribution < 1.29 is 22.0 Å². The monoisotopic (exact) mass is 358 g/mol. The molecule has 2 N–H and O–H groups in total. The number of carbonyl (C=O) groups excluding carboxylic acids is 1. The van der Waals surface area contributed by atoms with Gasteiger partial charge in [0, 0.05) is 5.69 Å². The number of sulfonamides is 1. The molecule has 0 aromatic heterocycles. The Morgan fingerprint density at radius 2 is 1.96 bits per heavy atom. The van der Waals surface area contributed by atoms with Crippen molar-refractivity contribution in [2.24, 2.45) is 0 Å². The lowest BCUT2D eigenvalue weighted by Gasteiger charge is -2.12. The topological polar surface area (TPSA) is 75.3 Å². The molecular formula is C14H9ClF2N2O3S. The molecule has 1 aliphatic heterocycles. The molecule has 0 saturated heterocycles. The number of hydrogen-bond donors (Lipinski definition) is 2. The molecule has 0 aliphatic carbocycles. The van der Waals surface area contributed by atoms with Crippen LogP contribution in [0.5, 0.6) is 0 Å². The average molecular weight is 359 g/mol. The summed E-state index contributed by atoms with van der Waals surface area (Å²) in [6.07, 6.45) is 0.0172. The van der Waals surface area contributed by atoms with Crippen molar-refractivity contribution in [2.75, 3.05) is 10.0 Å². The second-order valence-electron chi connectivity index (χ2n) is 4.87. The van der Waals surface area contributed by atoms with Crippen LogP contribution in [0, 0.1) is 11.6 Å². The summed E-state index contributed by atoms with van der Waals surface area (Å²) in [7, 11) is -4.25. The number of rotatable bonds is 3. The van der Waals surface area contributed by atoms with Gasteiger partial charge in [-0.05, 0) is 29.8 Å². The van der Waals surface area contributed by atoms with Gasteiger partial charge in [0.25, 0.3) is 10.0 Å². The van der Waals surface area contributed by atoms with Gasteiger partial charge in [0.05, 0.1) is 17.1 Å². The fourth-order valence-electron chi connectivity index (χ4n) is 2.21. The smallest absolute Gasteiger partial charge is 0.263 e. The molecular weight excluding hydrogens is 350 g/mol. The molecule has 3 rings (SSSR count). The van der Waals surface area contributed by atoms with Gasteiger partial charge in [0.1, 0.15) is 4.90 Å². The van der Waals surface area contributed by atoms with E-state index in [1.54, 1.807) is 0 Å². The highest BCUT2D eigenvalue weighted by Crippen LogP contribution is 2.33. The fourth-order valence-corrected chi connectivity index (χ4v) is 3.85. The first kappa shape index (κ1) is 15.7. The van der Waals surface area contributed by atoms with E-state index in [2.05, 4.69) is 5.32 Å². The molecule has 120 valence electrons. The van der Waals surface area contributed by atoms with Crippen molar-refractivity contribution in [1.29, 1.82) is 0 Å². The van der Waals surface area contributed by atoms with Gasteiger partial charge in [-0.15, -0.1) is 0 Å². The van der Waals surface area contributed by atoms with Crippen LogP contribution in [-0.2, 0) is 21.2 Å². The van der Waals surface area contributed by atoms with Crippen LogP contribution in [0.25, 0.3) is 0 Å². The summed E-state index contributed by atoms with van der Waals surface area (Å²) < 4.78 is 53.5. The van der Waals surface area contributed by atoms with E-state index in [1.165, 1.54) is 18.2 Å². The molecule has 2 aromatic carbocycles. The molecule has 0 fully saturated rings. The summed E-state index contributed by atoms with van der Waals surface area (Å²) in [5.41, 5.74) is 0.353. The third kappa shape index (κ3) is 2.87. The van der Waals surface area contributed by atoms with Crippen LogP contribution in [0.1, 0.15) is 5.56 Å². The zero-order chi connectivity index (χ0) is 16.8. The van der Waals surface area contributed by atoms with Crippen LogP contribution in [0.4, 0.5) is 20.2 Å². The lowest BCUT2D eigenvalue weighted by Crippen LogP contribution is -2.15. The molecule has 0 spiro atoms. The number of carbonyl (C=O) groups is 1. The number of nitrogens with one attached hydrogen (secondary N) is 2. The van der Waals surface area contributed by atoms with E-state index in [0.29, 0.717) is 11.3 Å². The van der Waals surface area contributed by atoms with Gasteiger partial charge >= 0.3 is 0 Å². The SMILES string of the molecule is O=C1Cc2cc(S(=O)(=O)Nc3cccc(F)c3F)c(Cl)cc2N1. The molecule has 0 saturated carbocycles. The fraction of sp³-hybridized carbons (Fsp3) is 0.0714. The summed E-state index contributed by atoms with van der Waals surface area (Å²) in [5, 5.41) is 2.39. The first-order valence-electron chi connectivity index (χ1n) is 6.37. The lowest BCUT2D eigenvalue weighted by molar-refractivity contribution is -0.115. The Balaban J connectivity index is 2.02. The number of halogens is 3. The summed E-state index contributed by atoms with van der Waals surface area (Å²) in [5.74, 6) is -2.78. The zero-order valence-corrected chi connectivity index (χ0v) is 12.9. The first-order chi connectivity index (χ1) is 10.8. The molecule has 5 nitrogen and oxygen atoms in total. The van der Waals surface area contributed by atoms with Crippen LogP contribution < -0.4 is 10.0 Å². The molecule has 0 bridgehead atoms. The number of fused-ring (bicyclic) bond motifs is 1. The van der Waals surface area contributed by atoms with Crippen molar-refractivity contribution in [3.05, 3.63) is 52.6 Å². The lowest BCUT2D eigenvalue weighted by atomic mass is 10.2. The van der Waals surface area contributed by atoms with Crippen LogP contribution >= 0.6 is 11.6 Å². The Morgan fingerprint density at radius 1 is 1.22 bits per heavy atom. The zero-order valence-electron chi connectivity index (χ0n) is 11.4. The number of hydrogen-bond acceptors (Lipinski definition) is 3. The number of anilines is 2. The van der Waals surface area contributed by atoms with Crippen LogP contribution in [0.15, 0.2) is 35.2 Å². The molecule has 23 heavy (non-hydrogen) atoms. The minimum atomic E-state index is -4.25. The molecule has 1 heterocycles. The van der Waals surface area contributed by atoms with Gasteiger partial charge in [0.2, 0.25) is 5.91 Å². The third-order valence-corrected chi connectivity index (χ3v) is 5.10. The van der Waals surface area contributed by atoms with Crippen molar-refractivity contribution in [1.82, 2.24) is 0 Å². The van der Waals surface area contributed by atoms with E-state index in [1.807, 2.05) is 4.72 Å². The Morgan fingerprint density at radius 3 is 2.70 bits per heavy atom. The summed E-state index contributed by atoms with van der Waals surface area (Å²) >= 11 is 5.94. The second kappa shape index (κ2) is 5.47. The van der Waals surface area contributed by atoms with Crippen LogP contribution in [0.3, 0.4) is 0 Å². The van der Waals surface area contributed by atoms with Gasteiger partial charge in [-0.25, -0.2) is 17.2 Å². The normalized spacial score (nSPS) is 13.6. The molecule has 1 amide bonds. The highest BCUT2D eigenvalue weighted by Gasteiger charge is 2.26. The molecule has 0 radical (unpaired) electrons. The molecule has 2 aromatic rings. The maximum absolute atomic E-state index is 13.6. The molecule has 1 aliphatic rings. The number of benzene rings is 2. The average Bonchev–Trinajstić information content (AvgIpc) is 2.82. The Labute approximate surface area is 135 Å². The van der Waals surface area contributed by atoms with Gasteiger partial charge in [-0.3, -0.25) is 9.52 Å². The maximum Gasteiger partial charge on any atom is 0.263 e. The third-order valence-electron chi connectivity index (χ3n) is 3.27. The van der Waals surface area contributed by atoms with Crippen molar-refractivity contribution in [3.8, 4) is 0 Å². The predicted molar refractivity (Wildman–Crippen MR) is 81.0 cm³/mol. The van der Waals surface area contributed by atoms with Crippen molar-refractivity contribution >= 4 is 38.9 Å². The second-order valence-corrected chi connectivity index (χ2v) is 6.93. The molecule has 9 heteroatoms. The van der Waals surface area contributed by atoms with E-state index < -0.39 is 27.3 Å². The molecule has 0 unspecified atom stereocenters. The van der Waals surface area contributed by atoms with E-state index in [9.17, 15) is 22.0 Å². The van der Waals surface area contributed by atoms with Gasteiger partial charge < -0.3 is 5.32 Å². The Hall–Kier alpha value is -2.19. The standard InChI is InChI=1S/C14H9ClF2N2O3S/c15-8-6-11-7(5-13(20)18-11)4-12(8)23(21,22)19-10-3-1-2-9(16)14(10)17/h1-4,6,19H,5H2,(H,18,20). The first-order valence-corrected chi connectivity index (χ1v) is 8.23. The maximum atomic E-state index is 13.6. The largest absolute Gasteiger partial charge is 0.325 e. The molecule has 0 atom stereocenters.